The first kappa shape index (κ1) is 12.1. The third kappa shape index (κ3) is 4.47. The molecule has 0 saturated carbocycles. The molecule has 2 nitrogen and oxygen atoms in total. The highest BCUT2D eigenvalue weighted by molar-refractivity contribution is 5.73. The van der Waals surface area contributed by atoms with Gasteiger partial charge in [-0.2, -0.15) is 0 Å². The summed E-state index contributed by atoms with van der Waals surface area (Å²) in [5.41, 5.74) is 7.05. The second-order valence-corrected chi connectivity index (χ2v) is 3.45. The van der Waals surface area contributed by atoms with E-state index in [9.17, 15) is 4.79 Å². The average Bonchev–Trinajstić information content (AvgIpc) is 2.28. The molecule has 0 spiro atoms. The maximum atomic E-state index is 10.5. The molecule has 1 aromatic carbocycles. The average molecular weight is 213 g/mol. The van der Waals surface area contributed by atoms with E-state index in [1.165, 1.54) is 0 Å². The SMILES string of the molecule is C=Cc1cccc(C#CCCCC(N)=O)c1. The van der Waals surface area contributed by atoms with Gasteiger partial charge in [0.05, 0.1) is 0 Å². The molecule has 0 radical (unpaired) electrons. The van der Waals surface area contributed by atoms with Crippen molar-refractivity contribution in [3.8, 4) is 11.8 Å². The molecule has 0 aliphatic carbocycles. The number of benzene rings is 1. The normalized spacial score (nSPS) is 9.00. The van der Waals surface area contributed by atoms with Gasteiger partial charge in [-0.05, 0) is 24.1 Å². The number of hydrogen-bond donors (Lipinski definition) is 1. The van der Waals surface area contributed by atoms with E-state index in [0.29, 0.717) is 12.8 Å². The van der Waals surface area contributed by atoms with E-state index >= 15 is 0 Å². The summed E-state index contributed by atoms with van der Waals surface area (Å²) in [4.78, 5) is 10.5. The second-order valence-electron chi connectivity index (χ2n) is 3.45. The number of primary amides is 1. The van der Waals surface area contributed by atoms with Crippen LogP contribution in [0.25, 0.3) is 6.08 Å². The molecule has 0 atom stereocenters. The molecule has 0 aliphatic rings. The summed E-state index contributed by atoms with van der Waals surface area (Å²) in [5, 5.41) is 0. The highest BCUT2D eigenvalue weighted by Gasteiger charge is 1.91. The maximum Gasteiger partial charge on any atom is 0.217 e. The quantitative estimate of drug-likeness (QED) is 0.605. The van der Waals surface area contributed by atoms with Gasteiger partial charge < -0.3 is 5.73 Å². The molecular formula is C14H15NO. The molecule has 1 amide bonds. The van der Waals surface area contributed by atoms with Crippen molar-refractivity contribution in [1.29, 1.82) is 0 Å². The summed E-state index contributed by atoms with van der Waals surface area (Å²) in [6.45, 7) is 3.70. The number of rotatable bonds is 4. The number of unbranched alkanes of at least 4 members (excludes halogenated alkanes) is 1. The lowest BCUT2D eigenvalue weighted by atomic mass is 10.1. The molecule has 0 aromatic heterocycles. The van der Waals surface area contributed by atoms with Crippen LogP contribution in [0.3, 0.4) is 0 Å². The van der Waals surface area contributed by atoms with Gasteiger partial charge >= 0.3 is 0 Å². The van der Waals surface area contributed by atoms with E-state index in [1.54, 1.807) is 6.08 Å². The minimum Gasteiger partial charge on any atom is -0.370 e. The van der Waals surface area contributed by atoms with E-state index in [-0.39, 0.29) is 5.91 Å². The van der Waals surface area contributed by atoms with Crippen LogP contribution >= 0.6 is 0 Å². The van der Waals surface area contributed by atoms with Crippen molar-refractivity contribution in [3.63, 3.8) is 0 Å². The van der Waals surface area contributed by atoms with Crippen LogP contribution in [-0.2, 0) is 4.79 Å². The van der Waals surface area contributed by atoms with Crippen LogP contribution < -0.4 is 5.73 Å². The topological polar surface area (TPSA) is 43.1 Å². The minimum absolute atomic E-state index is 0.268. The Hall–Kier alpha value is -2.01. The smallest absolute Gasteiger partial charge is 0.217 e. The largest absolute Gasteiger partial charge is 0.370 e. The van der Waals surface area contributed by atoms with Gasteiger partial charge in [-0.15, -0.1) is 0 Å². The monoisotopic (exact) mass is 213 g/mol. The van der Waals surface area contributed by atoms with Gasteiger partial charge in [0, 0.05) is 18.4 Å². The van der Waals surface area contributed by atoms with Crippen molar-refractivity contribution < 1.29 is 4.79 Å². The van der Waals surface area contributed by atoms with Crippen molar-refractivity contribution in [3.05, 3.63) is 42.0 Å². The van der Waals surface area contributed by atoms with Crippen molar-refractivity contribution in [2.45, 2.75) is 19.3 Å². The van der Waals surface area contributed by atoms with Crippen molar-refractivity contribution >= 4 is 12.0 Å². The standard InChI is InChI=1S/C14H15NO/c1-2-12-8-6-9-13(11-12)7-4-3-5-10-14(15)16/h2,6,8-9,11H,1,3,5,10H2,(H2,15,16). The fourth-order valence-electron chi connectivity index (χ4n) is 1.26. The van der Waals surface area contributed by atoms with Crippen molar-refractivity contribution in [2.24, 2.45) is 5.73 Å². The Morgan fingerprint density at radius 2 is 2.31 bits per heavy atom. The van der Waals surface area contributed by atoms with E-state index < -0.39 is 0 Å². The van der Waals surface area contributed by atoms with Gasteiger partial charge in [0.15, 0.2) is 0 Å². The van der Waals surface area contributed by atoms with Gasteiger partial charge in [0.25, 0.3) is 0 Å². The number of carbonyl (C=O) groups is 1. The van der Waals surface area contributed by atoms with Crippen LogP contribution in [-0.4, -0.2) is 5.91 Å². The molecule has 1 aromatic rings. The zero-order valence-corrected chi connectivity index (χ0v) is 9.20. The van der Waals surface area contributed by atoms with E-state index in [4.69, 9.17) is 5.73 Å². The Balaban J connectivity index is 2.49. The lowest BCUT2D eigenvalue weighted by molar-refractivity contribution is -0.118. The molecule has 0 heterocycles. The van der Waals surface area contributed by atoms with Gasteiger partial charge in [-0.3, -0.25) is 4.79 Å². The van der Waals surface area contributed by atoms with Gasteiger partial charge in [0.1, 0.15) is 0 Å². The third-order valence-corrected chi connectivity index (χ3v) is 2.08. The fraction of sp³-hybridized carbons (Fsp3) is 0.214. The molecule has 0 unspecified atom stereocenters. The predicted octanol–water partition coefficient (Wildman–Crippen LogP) is 2.34. The zero-order valence-electron chi connectivity index (χ0n) is 9.20. The summed E-state index contributed by atoms with van der Waals surface area (Å²) in [6, 6.07) is 7.86. The molecule has 82 valence electrons. The Labute approximate surface area is 96.2 Å². The summed E-state index contributed by atoms with van der Waals surface area (Å²) in [7, 11) is 0. The van der Waals surface area contributed by atoms with E-state index in [0.717, 1.165) is 17.5 Å². The Kier molecular flexibility index (Phi) is 4.88. The summed E-state index contributed by atoms with van der Waals surface area (Å²) >= 11 is 0. The summed E-state index contributed by atoms with van der Waals surface area (Å²) < 4.78 is 0. The first-order chi connectivity index (χ1) is 7.72. The molecule has 16 heavy (non-hydrogen) atoms. The third-order valence-electron chi connectivity index (χ3n) is 2.08. The first-order valence-corrected chi connectivity index (χ1v) is 5.22. The molecule has 1 rings (SSSR count). The van der Waals surface area contributed by atoms with Crippen molar-refractivity contribution in [2.75, 3.05) is 0 Å². The van der Waals surface area contributed by atoms with Crippen LogP contribution in [0.15, 0.2) is 30.8 Å². The highest BCUT2D eigenvalue weighted by Crippen LogP contribution is 2.05. The Bertz CT molecular complexity index is 438. The van der Waals surface area contributed by atoms with Gasteiger partial charge in [0.2, 0.25) is 5.91 Å². The van der Waals surface area contributed by atoms with Crippen LogP contribution in [0.5, 0.6) is 0 Å². The second kappa shape index (κ2) is 6.47. The summed E-state index contributed by atoms with van der Waals surface area (Å²) in [5.74, 6) is 5.79. The molecule has 0 bridgehead atoms. The molecule has 2 heteroatoms. The lowest BCUT2D eigenvalue weighted by Gasteiger charge is -1.93. The van der Waals surface area contributed by atoms with Crippen molar-refractivity contribution in [1.82, 2.24) is 0 Å². The lowest BCUT2D eigenvalue weighted by Crippen LogP contribution is -2.09. The Morgan fingerprint density at radius 1 is 1.50 bits per heavy atom. The maximum absolute atomic E-state index is 10.5. The number of carbonyl (C=O) groups excluding carboxylic acids is 1. The number of amides is 1. The van der Waals surface area contributed by atoms with E-state index in [2.05, 4.69) is 18.4 Å². The predicted molar refractivity (Wildman–Crippen MR) is 66.5 cm³/mol. The number of hydrogen-bond acceptors (Lipinski definition) is 1. The van der Waals surface area contributed by atoms with Crippen LogP contribution in [0.2, 0.25) is 0 Å². The minimum atomic E-state index is -0.268. The molecular weight excluding hydrogens is 198 g/mol. The number of nitrogens with two attached hydrogens (primary N) is 1. The van der Waals surface area contributed by atoms with Crippen LogP contribution in [0.1, 0.15) is 30.4 Å². The van der Waals surface area contributed by atoms with E-state index in [1.807, 2.05) is 24.3 Å². The Morgan fingerprint density at radius 3 is 3.00 bits per heavy atom. The van der Waals surface area contributed by atoms with Crippen LogP contribution in [0.4, 0.5) is 0 Å². The van der Waals surface area contributed by atoms with Gasteiger partial charge in [-0.25, -0.2) is 0 Å². The first-order valence-electron chi connectivity index (χ1n) is 5.22. The highest BCUT2D eigenvalue weighted by atomic mass is 16.1. The molecule has 0 aliphatic heterocycles. The molecule has 0 saturated heterocycles. The van der Waals surface area contributed by atoms with Gasteiger partial charge in [-0.1, -0.05) is 36.6 Å². The molecule has 0 fully saturated rings. The molecule has 2 N–H and O–H groups in total. The fourth-order valence-corrected chi connectivity index (χ4v) is 1.26. The summed E-state index contributed by atoms with van der Waals surface area (Å²) in [6.07, 6.45) is 3.62. The zero-order chi connectivity index (χ0) is 11.8. The van der Waals surface area contributed by atoms with Crippen LogP contribution in [0, 0.1) is 11.8 Å².